The fourth-order valence-corrected chi connectivity index (χ4v) is 2.18. The molecule has 0 fully saturated rings. The molecule has 1 atom stereocenters. The maximum absolute atomic E-state index is 12.0. The molecule has 1 N–H and O–H groups in total. The molecule has 0 aliphatic heterocycles. The number of aryl methyl sites for hydroxylation is 2. The molecule has 0 aliphatic rings. The summed E-state index contributed by atoms with van der Waals surface area (Å²) in [4.78, 5) is 23.7. The van der Waals surface area contributed by atoms with E-state index in [1.165, 1.54) is 6.07 Å². The summed E-state index contributed by atoms with van der Waals surface area (Å²) < 4.78 is 3.30. The molecule has 0 unspecified atom stereocenters. The largest absolute Gasteiger partial charge is 0.349 e. The highest BCUT2D eigenvalue weighted by Gasteiger charge is 2.11. The highest BCUT2D eigenvalue weighted by Crippen LogP contribution is 2.10. The van der Waals surface area contributed by atoms with E-state index in [0.717, 1.165) is 11.3 Å². The van der Waals surface area contributed by atoms with Gasteiger partial charge in [-0.1, -0.05) is 6.07 Å². The molecular weight excluding hydrogens is 268 g/mol. The topological polar surface area (TPSA) is 68.9 Å². The standard InChI is InChI=1S/C15H20N4O2/c1-11-5-4-6-15(21)19(11)8-7-14(20)17-12(2)13-9-16-18(3)10-13/h4-6,9-10,12H,7-8H2,1-3H3,(H,17,20)/t12-/m0/s1. The zero-order chi connectivity index (χ0) is 15.4. The van der Waals surface area contributed by atoms with Crippen molar-refractivity contribution in [2.75, 3.05) is 0 Å². The molecule has 1 amide bonds. The van der Waals surface area contributed by atoms with Crippen LogP contribution >= 0.6 is 0 Å². The molecule has 2 aromatic heterocycles. The lowest BCUT2D eigenvalue weighted by molar-refractivity contribution is -0.121. The minimum absolute atomic E-state index is 0.0805. The molecule has 0 aliphatic carbocycles. The smallest absolute Gasteiger partial charge is 0.250 e. The van der Waals surface area contributed by atoms with E-state index in [1.807, 2.05) is 33.2 Å². The van der Waals surface area contributed by atoms with E-state index in [4.69, 9.17) is 0 Å². The van der Waals surface area contributed by atoms with Gasteiger partial charge in [-0.3, -0.25) is 14.3 Å². The molecule has 6 nitrogen and oxygen atoms in total. The molecule has 0 saturated carbocycles. The van der Waals surface area contributed by atoms with Crippen LogP contribution in [0.4, 0.5) is 0 Å². The van der Waals surface area contributed by atoms with E-state index in [2.05, 4.69) is 10.4 Å². The van der Waals surface area contributed by atoms with Crippen molar-refractivity contribution < 1.29 is 4.79 Å². The molecule has 112 valence electrons. The summed E-state index contributed by atoms with van der Waals surface area (Å²) in [6.07, 6.45) is 3.88. The summed E-state index contributed by atoms with van der Waals surface area (Å²) in [5.41, 5.74) is 1.73. The first-order valence-corrected chi connectivity index (χ1v) is 6.91. The average molecular weight is 288 g/mol. The maximum Gasteiger partial charge on any atom is 0.250 e. The van der Waals surface area contributed by atoms with Crippen molar-refractivity contribution in [3.8, 4) is 0 Å². The Morgan fingerprint density at radius 3 is 2.81 bits per heavy atom. The van der Waals surface area contributed by atoms with Gasteiger partial charge in [0, 0.05) is 43.5 Å². The van der Waals surface area contributed by atoms with Crippen molar-refractivity contribution >= 4 is 5.91 Å². The molecule has 6 heteroatoms. The molecule has 0 saturated heterocycles. The van der Waals surface area contributed by atoms with Crippen LogP contribution in [-0.4, -0.2) is 20.3 Å². The Kier molecular flexibility index (Phi) is 4.57. The third-order valence-corrected chi connectivity index (χ3v) is 3.43. The number of hydrogen-bond donors (Lipinski definition) is 1. The Morgan fingerprint density at radius 1 is 1.43 bits per heavy atom. The van der Waals surface area contributed by atoms with Gasteiger partial charge in [0.25, 0.3) is 5.56 Å². The van der Waals surface area contributed by atoms with Crippen molar-refractivity contribution in [2.45, 2.75) is 32.9 Å². The Balaban J connectivity index is 1.92. The lowest BCUT2D eigenvalue weighted by Gasteiger charge is -2.13. The van der Waals surface area contributed by atoms with Gasteiger partial charge in [-0.25, -0.2) is 0 Å². The molecule has 0 spiro atoms. The van der Waals surface area contributed by atoms with Gasteiger partial charge in [-0.05, 0) is 19.9 Å². The number of rotatable bonds is 5. The van der Waals surface area contributed by atoms with Crippen molar-refractivity contribution in [1.29, 1.82) is 0 Å². The number of amides is 1. The van der Waals surface area contributed by atoms with Crippen LogP contribution in [0.1, 0.15) is 30.6 Å². The van der Waals surface area contributed by atoms with E-state index in [1.54, 1.807) is 21.5 Å². The second-order valence-corrected chi connectivity index (χ2v) is 5.14. The van der Waals surface area contributed by atoms with Crippen LogP contribution in [0.2, 0.25) is 0 Å². The third-order valence-electron chi connectivity index (χ3n) is 3.43. The van der Waals surface area contributed by atoms with Crippen molar-refractivity contribution in [2.24, 2.45) is 7.05 Å². The van der Waals surface area contributed by atoms with E-state index in [9.17, 15) is 9.59 Å². The zero-order valence-electron chi connectivity index (χ0n) is 12.5. The molecular formula is C15H20N4O2. The predicted molar refractivity (Wildman–Crippen MR) is 79.8 cm³/mol. The first-order valence-electron chi connectivity index (χ1n) is 6.91. The number of carbonyl (C=O) groups excluding carboxylic acids is 1. The Bertz CT molecular complexity index is 687. The van der Waals surface area contributed by atoms with Gasteiger partial charge < -0.3 is 9.88 Å². The molecule has 2 aromatic rings. The van der Waals surface area contributed by atoms with Crippen molar-refractivity contribution in [3.63, 3.8) is 0 Å². The van der Waals surface area contributed by atoms with Gasteiger partial charge in [0.15, 0.2) is 0 Å². The summed E-state index contributed by atoms with van der Waals surface area (Å²) in [5.74, 6) is -0.0819. The van der Waals surface area contributed by atoms with E-state index < -0.39 is 0 Å². The van der Waals surface area contributed by atoms with E-state index >= 15 is 0 Å². The highest BCUT2D eigenvalue weighted by atomic mass is 16.2. The summed E-state index contributed by atoms with van der Waals surface area (Å²) in [6.45, 7) is 4.16. The minimum atomic E-state index is -0.0974. The molecule has 2 rings (SSSR count). The van der Waals surface area contributed by atoms with Crippen LogP contribution in [0.3, 0.4) is 0 Å². The molecule has 0 bridgehead atoms. The van der Waals surface area contributed by atoms with E-state index in [0.29, 0.717) is 6.54 Å². The first-order chi connectivity index (χ1) is 9.97. The zero-order valence-corrected chi connectivity index (χ0v) is 12.5. The van der Waals surface area contributed by atoms with Gasteiger partial charge in [-0.15, -0.1) is 0 Å². The summed E-state index contributed by atoms with van der Waals surface area (Å²) in [6, 6.07) is 4.99. The number of hydrogen-bond acceptors (Lipinski definition) is 3. The highest BCUT2D eigenvalue weighted by molar-refractivity contribution is 5.76. The quantitative estimate of drug-likeness (QED) is 0.897. The maximum atomic E-state index is 12.0. The van der Waals surface area contributed by atoms with Crippen LogP contribution in [0.15, 0.2) is 35.4 Å². The number of aromatic nitrogens is 3. The molecule has 21 heavy (non-hydrogen) atoms. The number of nitrogens with one attached hydrogen (secondary N) is 1. The Labute approximate surface area is 123 Å². The van der Waals surface area contributed by atoms with Crippen LogP contribution in [0.25, 0.3) is 0 Å². The first kappa shape index (κ1) is 15.0. The van der Waals surface area contributed by atoms with Crippen LogP contribution in [-0.2, 0) is 18.4 Å². The van der Waals surface area contributed by atoms with Crippen LogP contribution in [0, 0.1) is 6.92 Å². The van der Waals surface area contributed by atoms with Crippen LogP contribution in [0.5, 0.6) is 0 Å². The monoisotopic (exact) mass is 288 g/mol. The third kappa shape index (κ3) is 3.81. The lowest BCUT2D eigenvalue weighted by Crippen LogP contribution is -2.29. The number of nitrogens with zero attached hydrogens (tertiary/aromatic N) is 3. The molecule has 2 heterocycles. The second-order valence-electron chi connectivity index (χ2n) is 5.14. The molecule has 0 aromatic carbocycles. The fraction of sp³-hybridized carbons (Fsp3) is 0.400. The molecule has 0 radical (unpaired) electrons. The normalized spacial score (nSPS) is 12.1. The summed E-state index contributed by atoms with van der Waals surface area (Å²) in [7, 11) is 1.84. The summed E-state index contributed by atoms with van der Waals surface area (Å²) >= 11 is 0. The van der Waals surface area contributed by atoms with Crippen molar-refractivity contribution in [1.82, 2.24) is 19.7 Å². The summed E-state index contributed by atoms with van der Waals surface area (Å²) in [5, 5.41) is 6.99. The minimum Gasteiger partial charge on any atom is -0.349 e. The average Bonchev–Trinajstić information content (AvgIpc) is 2.85. The van der Waals surface area contributed by atoms with E-state index in [-0.39, 0.29) is 23.9 Å². The second kappa shape index (κ2) is 6.39. The Hall–Kier alpha value is -2.37. The van der Waals surface area contributed by atoms with Gasteiger partial charge in [-0.2, -0.15) is 5.10 Å². The number of carbonyl (C=O) groups is 1. The van der Waals surface area contributed by atoms with Gasteiger partial charge in [0.2, 0.25) is 5.91 Å². The van der Waals surface area contributed by atoms with Gasteiger partial charge in [0.1, 0.15) is 0 Å². The Morgan fingerprint density at radius 2 is 2.19 bits per heavy atom. The van der Waals surface area contributed by atoms with Gasteiger partial charge in [0.05, 0.1) is 12.2 Å². The van der Waals surface area contributed by atoms with Crippen LogP contribution < -0.4 is 10.9 Å². The van der Waals surface area contributed by atoms with Crippen molar-refractivity contribution in [3.05, 3.63) is 52.2 Å². The predicted octanol–water partition coefficient (Wildman–Crippen LogP) is 1.16. The SMILES string of the molecule is Cc1cccc(=O)n1CCC(=O)N[C@@H](C)c1cnn(C)c1. The lowest BCUT2D eigenvalue weighted by atomic mass is 10.2. The van der Waals surface area contributed by atoms with Gasteiger partial charge >= 0.3 is 0 Å². The number of pyridine rings is 1. The fourth-order valence-electron chi connectivity index (χ4n) is 2.18.